The van der Waals surface area contributed by atoms with Gasteiger partial charge < -0.3 is 14.2 Å². The highest BCUT2D eigenvalue weighted by atomic mass is 35.5. The molecule has 168 valence electrons. The van der Waals surface area contributed by atoms with Gasteiger partial charge in [0, 0.05) is 24.7 Å². The Kier molecular flexibility index (Phi) is 7.42. The second-order valence-corrected chi connectivity index (χ2v) is 7.79. The fraction of sp³-hybridized carbons (Fsp3) is 0.333. The van der Waals surface area contributed by atoms with E-state index in [2.05, 4.69) is 10.00 Å². The lowest BCUT2D eigenvalue weighted by molar-refractivity contribution is 0.0316. The van der Waals surface area contributed by atoms with Gasteiger partial charge in [-0.3, -0.25) is 4.90 Å². The molecule has 4 rings (SSSR count). The van der Waals surface area contributed by atoms with Crippen LogP contribution in [0.15, 0.2) is 54.7 Å². The zero-order valence-corrected chi connectivity index (χ0v) is 18.8. The van der Waals surface area contributed by atoms with Crippen LogP contribution in [-0.4, -0.2) is 66.7 Å². The van der Waals surface area contributed by atoms with Crippen molar-refractivity contribution in [1.82, 2.24) is 14.7 Å². The Morgan fingerprint density at radius 1 is 1.12 bits per heavy atom. The summed E-state index contributed by atoms with van der Waals surface area (Å²) in [5, 5.41) is 5.10. The van der Waals surface area contributed by atoms with Crippen molar-refractivity contribution >= 4 is 17.6 Å². The van der Waals surface area contributed by atoms with Crippen LogP contribution in [0, 0.1) is 0 Å². The minimum Gasteiger partial charge on any atom is -0.476 e. The molecular formula is C24H26ClN3O4. The molecule has 1 aromatic heterocycles. The number of aromatic nitrogens is 2. The van der Waals surface area contributed by atoms with Gasteiger partial charge in [0.2, 0.25) is 5.88 Å². The molecule has 8 heteroatoms. The van der Waals surface area contributed by atoms with Gasteiger partial charge in [-0.1, -0.05) is 35.9 Å². The number of hydrogen-bond donors (Lipinski definition) is 0. The minimum atomic E-state index is -0.448. The number of halogens is 1. The van der Waals surface area contributed by atoms with Crippen LogP contribution in [-0.2, 0) is 9.47 Å². The minimum absolute atomic E-state index is 0.283. The maximum Gasteiger partial charge on any atom is 0.345 e. The Bertz CT molecular complexity index is 1050. The fourth-order valence-electron chi connectivity index (χ4n) is 3.57. The third-order valence-electron chi connectivity index (χ3n) is 5.24. The number of carbonyl (C=O) groups is 1. The van der Waals surface area contributed by atoms with E-state index in [1.54, 1.807) is 11.6 Å². The van der Waals surface area contributed by atoms with E-state index in [4.69, 9.17) is 25.8 Å². The number of carbonyl (C=O) groups excluding carboxylic acids is 1. The molecular weight excluding hydrogens is 430 g/mol. The van der Waals surface area contributed by atoms with Crippen molar-refractivity contribution in [3.8, 4) is 22.7 Å². The number of benzene rings is 2. The summed E-state index contributed by atoms with van der Waals surface area (Å²) in [7, 11) is 0. The molecule has 0 saturated carbocycles. The zero-order valence-electron chi connectivity index (χ0n) is 18.0. The number of rotatable bonds is 8. The quantitative estimate of drug-likeness (QED) is 0.477. The number of morpholine rings is 1. The molecule has 0 amide bonds. The van der Waals surface area contributed by atoms with Crippen LogP contribution in [0.2, 0.25) is 5.02 Å². The number of nitrogens with zero attached hydrogens (tertiary/aromatic N) is 3. The lowest BCUT2D eigenvalue weighted by atomic mass is 10.1. The molecule has 0 atom stereocenters. The molecule has 7 nitrogen and oxygen atoms in total. The molecule has 3 aromatic rings. The Morgan fingerprint density at radius 2 is 1.91 bits per heavy atom. The first-order chi connectivity index (χ1) is 15.7. The van der Waals surface area contributed by atoms with Crippen molar-refractivity contribution in [1.29, 1.82) is 0 Å². The highest BCUT2D eigenvalue weighted by molar-refractivity contribution is 6.30. The second kappa shape index (κ2) is 10.6. The molecule has 0 bridgehead atoms. The second-order valence-electron chi connectivity index (χ2n) is 7.36. The molecule has 1 fully saturated rings. The molecule has 1 aliphatic heterocycles. The third-order valence-corrected chi connectivity index (χ3v) is 5.48. The monoisotopic (exact) mass is 455 g/mol. The molecule has 0 aliphatic carbocycles. The van der Waals surface area contributed by atoms with Crippen LogP contribution in [0.3, 0.4) is 0 Å². The van der Waals surface area contributed by atoms with Gasteiger partial charge in [-0.25, -0.2) is 9.48 Å². The first kappa shape index (κ1) is 22.3. The first-order valence-electron chi connectivity index (χ1n) is 10.7. The summed E-state index contributed by atoms with van der Waals surface area (Å²) < 4.78 is 18.3. The fourth-order valence-corrected chi connectivity index (χ4v) is 3.76. The van der Waals surface area contributed by atoms with E-state index in [0.29, 0.717) is 23.1 Å². The molecule has 0 radical (unpaired) electrons. The van der Waals surface area contributed by atoms with Gasteiger partial charge >= 0.3 is 5.97 Å². The molecule has 2 aromatic carbocycles. The standard InChI is InChI=1S/C24H26ClN3O4/c1-2-31-24(29)22-17-26-28(23(22)32-15-12-27-10-13-30-14-11-27)21-8-6-18(7-9-21)19-4-3-5-20(25)16-19/h3-9,16-17H,2,10-15H2,1H3. The summed E-state index contributed by atoms with van der Waals surface area (Å²) in [5.41, 5.74) is 3.16. The van der Waals surface area contributed by atoms with Gasteiger partial charge in [0.05, 0.1) is 31.7 Å². The number of ether oxygens (including phenoxy) is 3. The summed E-state index contributed by atoms with van der Waals surface area (Å²) >= 11 is 6.12. The Morgan fingerprint density at radius 3 is 2.62 bits per heavy atom. The van der Waals surface area contributed by atoms with Crippen LogP contribution in [0.25, 0.3) is 16.8 Å². The van der Waals surface area contributed by atoms with Crippen molar-refractivity contribution in [2.75, 3.05) is 46.1 Å². The van der Waals surface area contributed by atoms with Gasteiger partial charge in [0.1, 0.15) is 12.2 Å². The maximum absolute atomic E-state index is 12.5. The number of esters is 1. The van der Waals surface area contributed by atoms with Gasteiger partial charge in [0.25, 0.3) is 0 Å². The van der Waals surface area contributed by atoms with E-state index < -0.39 is 5.97 Å². The molecule has 1 aliphatic rings. The molecule has 0 spiro atoms. The van der Waals surface area contributed by atoms with E-state index in [9.17, 15) is 4.79 Å². The van der Waals surface area contributed by atoms with Crippen molar-refractivity contribution in [3.05, 3.63) is 65.3 Å². The zero-order chi connectivity index (χ0) is 22.3. The summed E-state index contributed by atoms with van der Waals surface area (Å²) in [4.78, 5) is 14.7. The predicted octanol–water partition coefficient (Wildman–Crippen LogP) is 4.08. The summed E-state index contributed by atoms with van der Waals surface area (Å²) in [5.74, 6) is -0.0668. The lowest BCUT2D eigenvalue weighted by Crippen LogP contribution is -2.38. The van der Waals surface area contributed by atoms with Gasteiger partial charge in [0.15, 0.2) is 0 Å². The predicted molar refractivity (Wildman–Crippen MR) is 123 cm³/mol. The molecule has 32 heavy (non-hydrogen) atoms. The van der Waals surface area contributed by atoms with Crippen molar-refractivity contribution < 1.29 is 19.0 Å². The molecule has 0 unspecified atom stereocenters. The van der Waals surface area contributed by atoms with Crippen molar-refractivity contribution in [2.45, 2.75) is 6.92 Å². The van der Waals surface area contributed by atoms with Crippen molar-refractivity contribution in [2.24, 2.45) is 0 Å². The lowest BCUT2D eigenvalue weighted by Gasteiger charge is -2.26. The molecule has 0 N–H and O–H groups in total. The highest BCUT2D eigenvalue weighted by Gasteiger charge is 2.22. The first-order valence-corrected chi connectivity index (χ1v) is 11.1. The van der Waals surface area contributed by atoms with E-state index in [0.717, 1.165) is 49.7 Å². The van der Waals surface area contributed by atoms with Crippen LogP contribution >= 0.6 is 11.6 Å². The number of hydrogen-bond acceptors (Lipinski definition) is 6. The molecule has 1 saturated heterocycles. The van der Waals surface area contributed by atoms with Crippen LogP contribution in [0.4, 0.5) is 0 Å². The Labute approximate surface area is 192 Å². The van der Waals surface area contributed by atoms with E-state index in [1.807, 2.05) is 48.5 Å². The third kappa shape index (κ3) is 5.30. The maximum atomic E-state index is 12.5. The smallest absolute Gasteiger partial charge is 0.345 e. The van der Waals surface area contributed by atoms with Gasteiger partial charge in [-0.05, 0) is 42.3 Å². The van der Waals surface area contributed by atoms with E-state index >= 15 is 0 Å². The topological polar surface area (TPSA) is 65.8 Å². The average molecular weight is 456 g/mol. The SMILES string of the molecule is CCOC(=O)c1cnn(-c2ccc(-c3cccc(Cl)c3)cc2)c1OCCN1CCOCC1. The largest absolute Gasteiger partial charge is 0.476 e. The summed E-state index contributed by atoms with van der Waals surface area (Å²) in [6.07, 6.45) is 1.49. The van der Waals surface area contributed by atoms with E-state index in [1.165, 1.54) is 6.20 Å². The average Bonchev–Trinajstić information content (AvgIpc) is 3.24. The summed E-state index contributed by atoms with van der Waals surface area (Å²) in [6, 6.07) is 15.6. The van der Waals surface area contributed by atoms with Crippen LogP contribution in [0.1, 0.15) is 17.3 Å². The Hall–Kier alpha value is -2.87. The molecule has 2 heterocycles. The van der Waals surface area contributed by atoms with Gasteiger partial charge in [-0.15, -0.1) is 0 Å². The normalized spacial score (nSPS) is 14.3. The Balaban J connectivity index is 1.56. The highest BCUT2D eigenvalue weighted by Crippen LogP contribution is 2.27. The van der Waals surface area contributed by atoms with Gasteiger partial charge in [-0.2, -0.15) is 5.10 Å². The summed E-state index contributed by atoms with van der Waals surface area (Å²) in [6.45, 7) is 6.43. The van der Waals surface area contributed by atoms with Crippen molar-refractivity contribution in [3.63, 3.8) is 0 Å². The van der Waals surface area contributed by atoms with Crippen LogP contribution in [0.5, 0.6) is 5.88 Å². The van der Waals surface area contributed by atoms with E-state index in [-0.39, 0.29) is 6.61 Å². The van der Waals surface area contributed by atoms with Crippen LogP contribution < -0.4 is 4.74 Å².